The maximum absolute atomic E-state index is 13.5. The molecule has 0 aliphatic carbocycles. The topological polar surface area (TPSA) is 255 Å². The predicted molar refractivity (Wildman–Crippen MR) is 181 cm³/mol. The van der Waals surface area contributed by atoms with E-state index in [0.29, 0.717) is 31.6 Å². The van der Waals surface area contributed by atoms with E-state index in [4.69, 9.17) is 11.5 Å². The van der Waals surface area contributed by atoms with Gasteiger partial charge in [-0.2, -0.15) is 24.4 Å². The zero-order valence-electron chi connectivity index (χ0n) is 27.7. The molecule has 0 bridgehead atoms. The number of amides is 5. The summed E-state index contributed by atoms with van der Waals surface area (Å²) in [5, 5.41) is 32.1. The van der Waals surface area contributed by atoms with Crippen LogP contribution in [0.25, 0.3) is 0 Å². The lowest BCUT2D eigenvalue weighted by atomic mass is 9.96. The quantitative estimate of drug-likeness (QED) is 0.0445. The number of carboxylic acids is 1. The molecule has 0 rings (SSSR count). The van der Waals surface area contributed by atoms with Crippen molar-refractivity contribution in [2.24, 2.45) is 23.3 Å². The van der Waals surface area contributed by atoms with Crippen LogP contribution < -0.4 is 38.1 Å². The molecule has 8 atom stereocenters. The molecule has 0 fully saturated rings. The molecular formula is C29H55N7O8S2. The summed E-state index contributed by atoms with van der Waals surface area (Å²) >= 11 is 5.64. The minimum absolute atomic E-state index is 0.148. The Morgan fingerprint density at radius 3 is 1.76 bits per heavy atom. The minimum Gasteiger partial charge on any atom is -0.480 e. The van der Waals surface area contributed by atoms with Crippen LogP contribution in [0.2, 0.25) is 0 Å². The number of thioether (sulfide) groups is 1. The second-order valence-corrected chi connectivity index (χ2v) is 13.0. The summed E-state index contributed by atoms with van der Waals surface area (Å²) in [6.07, 6.45) is 2.62. The van der Waals surface area contributed by atoms with Crippen molar-refractivity contribution >= 4 is 59.9 Å². The Morgan fingerprint density at radius 1 is 0.761 bits per heavy atom. The lowest BCUT2D eigenvalue weighted by molar-refractivity contribution is -0.142. The van der Waals surface area contributed by atoms with E-state index in [1.54, 1.807) is 20.8 Å². The van der Waals surface area contributed by atoms with Crippen molar-refractivity contribution in [1.29, 1.82) is 0 Å². The number of carbonyl (C=O) groups excluding carboxylic acids is 5. The van der Waals surface area contributed by atoms with Crippen molar-refractivity contribution in [3.8, 4) is 0 Å². The third kappa shape index (κ3) is 15.3. The van der Waals surface area contributed by atoms with Crippen molar-refractivity contribution in [3.05, 3.63) is 0 Å². The molecule has 0 radical (unpaired) electrons. The van der Waals surface area contributed by atoms with Crippen LogP contribution >= 0.6 is 24.4 Å². The van der Waals surface area contributed by atoms with Crippen molar-refractivity contribution in [3.63, 3.8) is 0 Å². The molecule has 0 saturated carbocycles. The Bertz CT molecular complexity index is 1000. The summed E-state index contributed by atoms with van der Waals surface area (Å²) in [4.78, 5) is 77.3. The fourth-order valence-corrected chi connectivity index (χ4v) is 4.93. The highest BCUT2D eigenvalue weighted by atomic mass is 32.2. The molecule has 15 nitrogen and oxygen atoms in total. The summed E-state index contributed by atoms with van der Waals surface area (Å²) in [7, 11) is 0. The van der Waals surface area contributed by atoms with Gasteiger partial charge in [0.15, 0.2) is 0 Å². The van der Waals surface area contributed by atoms with Gasteiger partial charge in [0.2, 0.25) is 29.5 Å². The SMILES string of the molecule is CCC(C)C(NC(=O)C(NC(=O)C(CS)NC(=O)C(CCCCN)NC(=O)C(N)C(C)O)C(C)C)C(=O)NC(CCSC)C(=O)O. The van der Waals surface area contributed by atoms with E-state index in [0.717, 1.165) is 0 Å². The molecule has 8 unspecified atom stereocenters. The summed E-state index contributed by atoms with van der Waals surface area (Å²) in [6, 6.07) is -6.88. The van der Waals surface area contributed by atoms with Crippen molar-refractivity contribution in [2.45, 2.75) is 109 Å². The van der Waals surface area contributed by atoms with Gasteiger partial charge in [-0.3, -0.25) is 24.0 Å². The number of aliphatic hydroxyl groups is 1. The Morgan fingerprint density at radius 2 is 1.28 bits per heavy atom. The number of thiol groups is 1. The van der Waals surface area contributed by atoms with Crippen LogP contribution in [0.3, 0.4) is 0 Å². The molecule has 0 saturated heterocycles. The van der Waals surface area contributed by atoms with Gasteiger partial charge in [-0.05, 0) is 63.0 Å². The largest absolute Gasteiger partial charge is 0.480 e. The van der Waals surface area contributed by atoms with Crippen LogP contribution in [0, 0.1) is 11.8 Å². The van der Waals surface area contributed by atoms with E-state index < -0.39 is 83.8 Å². The first-order valence-corrected chi connectivity index (χ1v) is 17.6. The molecule has 46 heavy (non-hydrogen) atoms. The number of carbonyl (C=O) groups is 6. The fraction of sp³-hybridized carbons (Fsp3) is 0.793. The summed E-state index contributed by atoms with van der Waals surface area (Å²) in [5.41, 5.74) is 11.3. The van der Waals surface area contributed by atoms with Gasteiger partial charge in [0.05, 0.1) is 6.10 Å². The molecular weight excluding hydrogens is 638 g/mol. The van der Waals surface area contributed by atoms with Crippen LogP contribution in [0.15, 0.2) is 0 Å². The second kappa shape index (κ2) is 22.8. The maximum Gasteiger partial charge on any atom is 0.326 e. The lowest BCUT2D eigenvalue weighted by Crippen LogP contribution is -2.61. The Kier molecular flexibility index (Phi) is 21.6. The van der Waals surface area contributed by atoms with Crippen LogP contribution in [-0.2, 0) is 28.8 Å². The molecule has 0 aliphatic heterocycles. The second-order valence-electron chi connectivity index (χ2n) is 11.6. The lowest BCUT2D eigenvalue weighted by Gasteiger charge is -2.30. The number of unbranched alkanes of at least 4 members (excludes halogenated alkanes) is 1. The van der Waals surface area contributed by atoms with Crippen molar-refractivity contribution in [1.82, 2.24) is 26.6 Å². The third-order valence-electron chi connectivity index (χ3n) is 7.48. The normalized spacial score (nSPS) is 16.5. The first-order valence-electron chi connectivity index (χ1n) is 15.5. The summed E-state index contributed by atoms with van der Waals surface area (Å²) < 4.78 is 0. The molecule has 266 valence electrons. The van der Waals surface area contributed by atoms with E-state index in [9.17, 15) is 39.0 Å². The number of hydrogen-bond donors (Lipinski definition) is 10. The van der Waals surface area contributed by atoms with Gasteiger partial charge >= 0.3 is 5.97 Å². The van der Waals surface area contributed by atoms with E-state index in [1.807, 2.05) is 13.2 Å². The molecule has 0 aromatic carbocycles. The van der Waals surface area contributed by atoms with Gasteiger partial charge in [-0.1, -0.05) is 34.1 Å². The van der Waals surface area contributed by atoms with Crippen molar-refractivity contribution in [2.75, 3.05) is 24.3 Å². The van der Waals surface area contributed by atoms with E-state index in [-0.39, 0.29) is 24.5 Å². The monoisotopic (exact) mass is 693 g/mol. The molecule has 0 aromatic heterocycles. The Hall–Kier alpha value is -2.60. The van der Waals surface area contributed by atoms with E-state index in [2.05, 4.69) is 39.2 Å². The van der Waals surface area contributed by atoms with E-state index >= 15 is 0 Å². The van der Waals surface area contributed by atoms with Gasteiger partial charge in [0.1, 0.15) is 36.3 Å². The van der Waals surface area contributed by atoms with Crippen molar-refractivity contribution < 1.29 is 39.0 Å². The molecule has 11 N–H and O–H groups in total. The number of carboxylic acid groups (broad SMARTS) is 1. The predicted octanol–water partition coefficient (Wildman–Crippen LogP) is -1.28. The first kappa shape index (κ1) is 43.4. The maximum atomic E-state index is 13.5. The fourth-order valence-electron chi connectivity index (χ4n) is 4.20. The van der Waals surface area contributed by atoms with Crippen LogP contribution in [0.4, 0.5) is 0 Å². The molecule has 0 heterocycles. The minimum atomic E-state index is -1.27. The van der Waals surface area contributed by atoms with Crippen LogP contribution in [0.1, 0.15) is 66.7 Å². The molecule has 0 aliphatic rings. The highest BCUT2D eigenvalue weighted by Gasteiger charge is 2.35. The molecule has 17 heteroatoms. The summed E-state index contributed by atoms with van der Waals surface area (Å²) in [5.74, 6) is -5.10. The van der Waals surface area contributed by atoms with Gasteiger partial charge in [0.25, 0.3) is 0 Å². The number of hydrogen-bond acceptors (Lipinski definition) is 11. The standard InChI is InChI=1S/C29H55N7O8S2/c1-7-16(4)23(28(42)33-19(29(43)44)11-13-46-6)36-27(41)22(15(2)3)35-25(39)20(14-45)34-24(38)18(10-8-9-12-30)32-26(40)21(31)17(5)37/h15-23,37,45H,7-14,30-31H2,1-6H3,(H,32,40)(H,33,42)(H,34,38)(H,35,39)(H,36,41)(H,43,44). The van der Waals surface area contributed by atoms with Gasteiger partial charge < -0.3 is 48.3 Å². The van der Waals surface area contributed by atoms with Crippen LogP contribution in [0.5, 0.6) is 0 Å². The Balaban J connectivity index is 5.82. The highest BCUT2D eigenvalue weighted by Crippen LogP contribution is 2.12. The first-order chi connectivity index (χ1) is 21.5. The number of nitrogens with one attached hydrogen (secondary N) is 5. The third-order valence-corrected chi connectivity index (χ3v) is 8.49. The summed E-state index contributed by atoms with van der Waals surface area (Å²) in [6.45, 7) is 8.66. The number of aliphatic hydroxyl groups excluding tert-OH is 1. The number of rotatable bonds is 23. The van der Waals surface area contributed by atoms with Gasteiger partial charge in [0, 0.05) is 5.75 Å². The molecule has 0 spiro atoms. The van der Waals surface area contributed by atoms with Gasteiger partial charge in [-0.15, -0.1) is 0 Å². The van der Waals surface area contributed by atoms with E-state index in [1.165, 1.54) is 18.7 Å². The van der Waals surface area contributed by atoms with Crippen LogP contribution in [-0.4, -0.2) is 112 Å². The zero-order chi connectivity index (χ0) is 35.6. The average Bonchev–Trinajstić information content (AvgIpc) is 3.00. The average molecular weight is 694 g/mol. The highest BCUT2D eigenvalue weighted by molar-refractivity contribution is 7.98. The number of nitrogens with two attached hydrogens (primary N) is 2. The molecule has 5 amide bonds. The molecule has 0 aromatic rings. The number of aliphatic carboxylic acids is 1. The van der Waals surface area contributed by atoms with Gasteiger partial charge in [-0.25, -0.2) is 4.79 Å². The smallest absolute Gasteiger partial charge is 0.326 e. The zero-order valence-corrected chi connectivity index (χ0v) is 29.4. The Labute approximate surface area is 281 Å².